The molecule has 0 radical (unpaired) electrons. The number of hydrogen-bond donors (Lipinski definition) is 2. The highest BCUT2D eigenvalue weighted by molar-refractivity contribution is 5.70. The fraction of sp³-hybridized carbons (Fsp3) is 0.429. The number of alkyl halides is 3. The molecule has 2 rings (SSSR count). The van der Waals surface area contributed by atoms with Gasteiger partial charge in [0.2, 0.25) is 0 Å². The summed E-state index contributed by atoms with van der Waals surface area (Å²) in [6.45, 7) is 0.855. The molecule has 0 saturated heterocycles. The number of hydrogen-bond acceptors (Lipinski definition) is 5. The van der Waals surface area contributed by atoms with Gasteiger partial charge in [0.1, 0.15) is 11.4 Å². The number of nitrogens with one attached hydrogen (secondary N) is 1. The fourth-order valence-electron chi connectivity index (χ4n) is 2.24. The standard InChI is InChI=1S/C14H17F3N2O3/c1-21-11-3-2-4-12(22-14(15,16)17)13(11)19-7-5-10(9-19)18-6-8-20/h2-4,9,18,20H,5-8H2,1H3. The fourth-order valence-corrected chi connectivity index (χ4v) is 2.24. The molecule has 0 unspecified atom stereocenters. The van der Waals surface area contributed by atoms with E-state index in [4.69, 9.17) is 9.84 Å². The van der Waals surface area contributed by atoms with Crippen LogP contribution in [0, 0.1) is 0 Å². The molecule has 22 heavy (non-hydrogen) atoms. The summed E-state index contributed by atoms with van der Waals surface area (Å²) in [5.74, 6) is -0.0204. The Balaban J connectivity index is 2.30. The minimum absolute atomic E-state index is 0.0194. The van der Waals surface area contributed by atoms with Crippen molar-refractivity contribution in [2.75, 3.05) is 31.7 Å². The van der Waals surface area contributed by atoms with Crippen LogP contribution in [0.5, 0.6) is 11.5 Å². The molecule has 0 saturated carbocycles. The Bertz CT molecular complexity index is 547. The molecule has 1 aromatic rings. The van der Waals surface area contributed by atoms with Crippen LogP contribution < -0.4 is 19.7 Å². The van der Waals surface area contributed by atoms with Crippen LogP contribution in [0.3, 0.4) is 0 Å². The minimum Gasteiger partial charge on any atom is -0.494 e. The van der Waals surface area contributed by atoms with Gasteiger partial charge in [0.05, 0.1) is 13.7 Å². The van der Waals surface area contributed by atoms with E-state index in [2.05, 4.69) is 10.1 Å². The summed E-state index contributed by atoms with van der Waals surface area (Å²) >= 11 is 0. The van der Waals surface area contributed by atoms with E-state index in [-0.39, 0.29) is 18.0 Å². The van der Waals surface area contributed by atoms with Crippen molar-refractivity contribution in [3.05, 3.63) is 30.1 Å². The van der Waals surface area contributed by atoms with Gasteiger partial charge in [0.15, 0.2) is 5.75 Å². The van der Waals surface area contributed by atoms with E-state index < -0.39 is 6.36 Å². The highest BCUT2D eigenvalue weighted by atomic mass is 19.4. The third-order valence-electron chi connectivity index (χ3n) is 3.09. The van der Waals surface area contributed by atoms with Crippen molar-refractivity contribution in [3.63, 3.8) is 0 Å². The Labute approximate surface area is 125 Å². The molecule has 0 fully saturated rings. The lowest BCUT2D eigenvalue weighted by Gasteiger charge is -2.22. The highest BCUT2D eigenvalue weighted by Crippen LogP contribution is 2.41. The number of benzene rings is 1. The number of para-hydroxylation sites is 1. The zero-order valence-corrected chi connectivity index (χ0v) is 12.0. The second-order valence-corrected chi connectivity index (χ2v) is 4.60. The number of methoxy groups -OCH3 is 1. The lowest BCUT2D eigenvalue weighted by molar-refractivity contribution is -0.274. The first-order chi connectivity index (χ1) is 10.4. The van der Waals surface area contributed by atoms with Crippen molar-refractivity contribution < 1.29 is 27.8 Å². The Kier molecular flexibility index (Phi) is 5.02. The smallest absolute Gasteiger partial charge is 0.494 e. The average Bonchev–Trinajstić information content (AvgIpc) is 2.91. The number of halogens is 3. The molecule has 2 N–H and O–H groups in total. The predicted molar refractivity (Wildman–Crippen MR) is 74.8 cm³/mol. The van der Waals surface area contributed by atoms with Gasteiger partial charge in [0.25, 0.3) is 0 Å². The predicted octanol–water partition coefficient (Wildman–Crippen LogP) is 2.23. The van der Waals surface area contributed by atoms with Crippen molar-refractivity contribution in [3.8, 4) is 11.5 Å². The number of aliphatic hydroxyl groups is 1. The second-order valence-electron chi connectivity index (χ2n) is 4.60. The first-order valence-electron chi connectivity index (χ1n) is 6.69. The number of ether oxygens (including phenoxy) is 2. The average molecular weight is 318 g/mol. The third kappa shape index (κ3) is 3.97. The highest BCUT2D eigenvalue weighted by Gasteiger charge is 2.34. The van der Waals surface area contributed by atoms with Gasteiger partial charge < -0.3 is 24.8 Å². The normalized spacial score (nSPS) is 14.8. The second kappa shape index (κ2) is 6.78. The summed E-state index contributed by atoms with van der Waals surface area (Å²) in [6.07, 6.45) is -2.46. The van der Waals surface area contributed by atoms with Gasteiger partial charge in [-0.25, -0.2) is 0 Å². The van der Waals surface area contributed by atoms with Gasteiger partial charge in [-0.2, -0.15) is 0 Å². The van der Waals surface area contributed by atoms with E-state index in [1.165, 1.54) is 19.2 Å². The van der Waals surface area contributed by atoms with Gasteiger partial charge in [-0.3, -0.25) is 0 Å². The monoisotopic (exact) mass is 318 g/mol. The molecule has 5 nitrogen and oxygen atoms in total. The van der Waals surface area contributed by atoms with Crippen LogP contribution in [0.4, 0.5) is 18.9 Å². The summed E-state index contributed by atoms with van der Waals surface area (Å²) in [4.78, 5) is 1.64. The van der Waals surface area contributed by atoms with Gasteiger partial charge in [-0.05, 0) is 12.1 Å². The van der Waals surface area contributed by atoms with Crippen LogP contribution in [0.15, 0.2) is 30.1 Å². The van der Waals surface area contributed by atoms with Crippen molar-refractivity contribution in [1.29, 1.82) is 0 Å². The molecule has 0 spiro atoms. The Hall–Kier alpha value is -2.09. The molecule has 122 valence electrons. The maximum Gasteiger partial charge on any atom is 0.573 e. The van der Waals surface area contributed by atoms with Gasteiger partial charge in [-0.1, -0.05) is 6.07 Å². The van der Waals surface area contributed by atoms with Crippen LogP contribution in [-0.2, 0) is 0 Å². The molecule has 1 aliphatic heterocycles. The van der Waals surface area contributed by atoms with Crippen LogP contribution in [0.1, 0.15) is 6.42 Å². The van der Waals surface area contributed by atoms with E-state index in [1.807, 2.05) is 0 Å². The van der Waals surface area contributed by atoms with E-state index in [0.717, 1.165) is 5.70 Å². The number of aliphatic hydroxyl groups excluding tert-OH is 1. The molecule has 0 aromatic heterocycles. The first-order valence-corrected chi connectivity index (χ1v) is 6.69. The molecular formula is C14H17F3N2O3. The Morgan fingerprint density at radius 3 is 2.68 bits per heavy atom. The Morgan fingerprint density at radius 2 is 2.05 bits per heavy atom. The molecule has 8 heteroatoms. The lowest BCUT2D eigenvalue weighted by Crippen LogP contribution is -2.21. The van der Waals surface area contributed by atoms with E-state index in [9.17, 15) is 13.2 Å². The zero-order valence-electron chi connectivity index (χ0n) is 12.0. The largest absolute Gasteiger partial charge is 0.573 e. The summed E-state index contributed by atoms with van der Waals surface area (Å²) in [5.41, 5.74) is 1.06. The van der Waals surface area contributed by atoms with E-state index in [0.29, 0.717) is 25.3 Å². The summed E-state index contributed by atoms with van der Waals surface area (Å²) < 4.78 is 46.9. The summed E-state index contributed by atoms with van der Waals surface area (Å²) in [6, 6.07) is 4.26. The first kappa shape index (κ1) is 16.3. The number of rotatable bonds is 6. The molecule has 1 aromatic carbocycles. The molecule has 0 bridgehead atoms. The van der Waals surface area contributed by atoms with Crippen LogP contribution >= 0.6 is 0 Å². The third-order valence-corrected chi connectivity index (χ3v) is 3.09. The minimum atomic E-state index is -4.78. The molecule has 1 aliphatic rings. The quantitative estimate of drug-likeness (QED) is 0.842. The van der Waals surface area contributed by atoms with Crippen LogP contribution in [0.2, 0.25) is 0 Å². The maximum atomic E-state index is 12.6. The Morgan fingerprint density at radius 1 is 1.32 bits per heavy atom. The number of nitrogens with zero attached hydrogens (tertiary/aromatic N) is 1. The van der Waals surface area contributed by atoms with Gasteiger partial charge in [0, 0.05) is 31.4 Å². The molecule has 0 atom stereocenters. The van der Waals surface area contributed by atoms with Crippen molar-refractivity contribution in [2.45, 2.75) is 12.8 Å². The lowest BCUT2D eigenvalue weighted by atomic mass is 10.2. The molecule has 0 amide bonds. The topological polar surface area (TPSA) is 54.0 Å². The summed E-state index contributed by atoms with van der Waals surface area (Å²) in [5, 5.41) is 11.8. The molecule has 1 heterocycles. The molecule has 0 aliphatic carbocycles. The zero-order chi connectivity index (χ0) is 16.2. The van der Waals surface area contributed by atoms with Gasteiger partial charge in [-0.15, -0.1) is 13.2 Å². The van der Waals surface area contributed by atoms with Gasteiger partial charge >= 0.3 is 6.36 Å². The maximum absolute atomic E-state index is 12.6. The molecular weight excluding hydrogens is 301 g/mol. The SMILES string of the molecule is COc1cccc(OC(F)(F)F)c1N1C=C(NCCO)CC1. The van der Waals surface area contributed by atoms with E-state index >= 15 is 0 Å². The van der Waals surface area contributed by atoms with E-state index in [1.54, 1.807) is 17.2 Å². The van der Waals surface area contributed by atoms with Crippen molar-refractivity contribution in [1.82, 2.24) is 5.32 Å². The van der Waals surface area contributed by atoms with Crippen LogP contribution in [0.25, 0.3) is 0 Å². The van der Waals surface area contributed by atoms with Crippen molar-refractivity contribution >= 4 is 5.69 Å². The van der Waals surface area contributed by atoms with Crippen molar-refractivity contribution in [2.24, 2.45) is 0 Å². The summed E-state index contributed by atoms with van der Waals surface area (Å²) in [7, 11) is 1.39. The van der Waals surface area contributed by atoms with Crippen LogP contribution in [-0.4, -0.2) is 38.3 Å². The number of anilines is 1.